The zero-order chi connectivity index (χ0) is 19.3. The molecule has 26 heavy (non-hydrogen) atoms. The maximum absolute atomic E-state index is 12.9. The number of para-hydroxylation sites is 1. The summed E-state index contributed by atoms with van der Waals surface area (Å²) in [6.07, 6.45) is -2.82. The van der Waals surface area contributed by atoms with Crippen molar-refractivity contribution >= 4 is 28.9 Å². The third-order valence-electron chi connectivity index (χ3n) is 3.58. The fourth-order valence-electron chi connectivity index (χ4n) is 2.37. The second kappa shape index (κ2) is 8.35. The number of amides is 1. The zero-order valence-electron chi connectivity index (χ0n) is 14.3. The third kappa shape index (κ3) is 5.08. The van der Waals surface area contributed by atoms with Gasteiger partial charge in [-0.3, -0.25) is 4.79 Å². The number of thiophene rings is 1. The van der Waals surface area contributed by atoms with E-state index in [-0.39, 0.29) is 5.69 Å². The molecule has 0 radical (unpaired) electrons. The molecule has 0 bridgehead atoms. The smallest absolute Gasteiger partial charge is 0.418 e. The zero-order valence-corrected chi connectivity index (χ0v) is 15.1. The van der Waals surface area contributed by atoms with Crippen molar-refractivity contribution in [2.24, 2.45) is 0 Å². The molecular weight excluding hydrogens is 367 g/mol. The molecule has 4 nitrogen and oxygen atoms in total. The minimum absolute atomic E-state index is 0.370. The van der Waals surface area contributed by atoms with Gasteiger partial charge in [-0.1, -0.05) is 25.5 Å². The predicted octanol–water partition coefficient (Wildman–Crippen LogP) is 4.82. The van der Waals surface area contributed by atoms with Crippen molar-refractivity contribution in [3.05, 3.63) is 51.2 Å². The molecule has 0 saturated carbocycles. The molecule has 0 spiro atoms. The van der Waals surface area contributed by atoms with Crippen LogP contribution in [0.2, 0.25) is 0 Å². The molecule has 0 aliphatic heterocycles. The summed E-state index contributed by atoms with van der Waals surface area (Å²) in [4.78, 5) is 25.2. The Bertz CT molecular complexity index is 799. The lowest BCUT2D eigenvalue weighted by atomic mass is 10.1. The predicted molar refractivity (Wildman–Crippen MR) is 93.4 cm³/mol. The second-order valence-corrected chi connectivity index (χ2v) is 6.87. The Morgan fingerprint density at radius 1 is 1.23 bits per heavy atom. The van der Waals surface area contributed by atoms with Crippen LogP contribution in [0.1, 0.15) is 39.0 Å². The number of hydrogen-bond acceptors (Lipinski definition) is 4. The number of hydrogen-bond donors (Lipinski definition) is 1. The number of aryl methyl sites for hydroxylation is 2. The molecule has 2 rings (SSSR count). The number of alkyl halides is 3. The number of benzene rings is 1. The Kier molecular flexibility index (Phi) is 6.42. The number of anilines is 1. The SMILES string of the molecule is CCCc1cc(C(=O)OCC(=O)Nc2ccccc2C(F)(F)F)sc1C. The molecule has 2 aromatic rings. The van der Waals surface area contributed by atoms with Crippen LogP contribution >= 0.6 is 11.3 Å². The minimum Gasteiger partial charge on any atom is -0.451 e. The maximum Gasteiger partial charge on any atom is 0.418 e. The Morgan fingerprint density at radius 2 is 1.92 bits per heavy atom. The first kappa shape index (κ1) is 20.0. The van der Waals surface area contributed by atoms with Gasteiger partial charge in [-0.2, -0.15) is 13.2 Å². The van der Waals surface area contributed by atoms with Gasteiger partial charge in [0.05, 0.1) is 11.3 Å². The number of carbonyl (C=O) groups is 2. The average molecular weight is 385 g/mol. The molecule has 8 heteroatoms. The highest BCUT2D eigenvalue weighted by molar-refractivity contribution is 7.14. The molecule has 0 aliphatic carbocycles. The number of nitrogens with one attached hydrogen (secondary N) is 1. The van der Waals surface area contributed by atoms with Crippen molar-refractivity contribution < 1.29 is 27.5 Å². The molecule has 0 atom stereocenters. The van der Waals surface area contributed by atoms with E-state index in [2.05, 4.69) is 5.32 Å². The number of carbonyl (C=O) groups excluding carboxylic acids is 2. The summed E-state index contributed by atoms with van der Waals surface area (Å²) in [5, 5.41) is 2.13. The van der Waals surface area contributed by atoms with E-state index in [0.29, 0.717) is 4.88 Å². The molecule has 1 heterocycles. The normalized spacial score (nSPS) is 11.3. The van der Waals surface area contributed by atoms with Gasteiger partial charge in [0.15, 0.2) is 6.61 Å². The van der Waals surface area contributed by atoms with E-state index < -0.39 is 30.2 Å². The topological polar surface area (TPSA) is 55.4 Å². The molecule has 140 valence electrons. The van der Waals surface area contributed by atoms with E-state index in [9.17, 15) is 22.8 Å². The average Bonchev–Trinajstić information content (AvgIpc) is 2.93. The standard InChI is InChI=1S/C18H18F3NO3S/c1-3-6-12-9-15(26-11(12)2)17(24)25-10-16(23)22-14-8-5-4-7-13(14)18(19,20)21/h4-5,7-9H,3,6,10H2,1-2H3,(H,22,23). The summed E-state index contributed by atoms with van der Waals surface area (Å²) in [6, 6.07) is 6.34. The van der Waals surface area contributed by atoms with Crippen molar-refractivity contribution in [1.29, 1.82) is 0 Å². The van der Waals surface area contributed by atoms with E-state index in [1.165, 1.54) is 23.5 Å². The molecule has 1 aromatic heterocycles. The minimum atomic E-state index is -4.59. The summed E-state index contributed by atoms with van der Waals surface area (Å²) >= 11 is 1.27. The van der Waals surface area contributed by atoms with Gasteiger partial charge in [-0.05, 0) is 37.1 Å². The molecule has 0 aliphatic rings. The lowest BCUT2D eigenvalue weighted by Gasteiger charge is -2.13. The lowest BCUT2D eigenvalue weighted by molar-refractivity contribution is -0.137. The quantitative estimate of drug-likeness (QED) is 0.725. The van der Waals surface area contributed by atoms with Gasteiger partial charge in [-0.25, -0.2) is 4.79 Å². The summed E-state index contributed by atoms with van der Waals surface area (Å²) < 4.78 is 43.6. The van der Waals surface area contributed by atoms with E-state index >= 15 is 0 Å². The number of halogens is 3. The molecule has 1 amide bonds. The van der Waals surface area contributed by atoms with Crippen molar-refractivity contribution in [3.63, 3.8) is 0 Å². The monoisotopic (exact) mass is 385 g/mol. The first-order valence-electron chi connectivity index (χ1n) is 7.95. The first-order valence-corrected chi connectivity index (χ1v) is 8.76. The van der Waals surface area contributed by atoms with Crippen LogP contribution < -0.4 is 5.32 Å². The fraction of sp³-hybridized carbons (Fsp3) is 0.333. The van der Waals surface area contributed by atoms with Gasteiger partial charge < -0.3 is 10.1 Å². The van der Waals surface area contributed by atoms with Crippen molar-refractivity contribution in [3.8, 4) is 0 Å². The third-order valence-corrected chi connectivity index (χ3v) is 4.65. The Morgan fingerprint density at radius 3 is 2.58 bits per heavy atom. The van der Waals surface area contributed by atoms with Gasteiger partial charge in [0.1, 0.15) is 4.88 Å². The molecule has 0 saturated heterocycles. The highest BCUT2D eigenvalue weighted by atomic mass is 32.1. The molecule has 1 N–H and O–H groups in total. The van der Waals surface area contributed by atoms with Crippen LogP contribution in [0, 0.1) is 6.92 Å². The number of ether oxygens (including phenoxy) is 1. The molecular formula is C18H18F3NO3S. The molecule has 0 fully saturated rings. The van der Waals surface area contributed by atoms with E-state index in [0.717, 1.165) is 35.4 Å². The molecule has 1 aromatic carbocycles. The Hall–Kier alpha value is -2.35. The summed E-state index contributed by atoms with van der Waals surface area (Å²) in [7, 11) is 0. The van der Waals surface area contributed by atoms with Gasteiger partial charge in [0.2, 0.25) is 0 Å². The van der Waals surface area contributed by atoms with Crippen LogP contribution in [0.5, 0.6) is 0 Å². The van der Waals surface area contributed by atoms with Gasteiger partial charge in [0, 0.05) is 4.88 Å². The van der Waals surface area contributed by atoms with Crippen molar-refractivity contribution in [2.75, 3.05) is 11.9 Å². The fourth-order valence-corrected chi connectivity index (χ4v) is 3.33. The summed E-state index contributed by atoms with van der Waals surface area (Å²) in [5.74, 6) is -1.50. The largest absolute Gasteiger partial charge is 0.451 e. The van der Waals surface area contributed by atoms with E-state index in [4.69, 9.17) is 4.74 Å². The van der Waals surface area contributed by atoms with Gasteiger partial charge in [0.25, 0.3) is 5.91 Å². The molecule has 0 unspecified atom stereocenters. The first-order chi connectivity index (χ1) is 12.2. The van der Waals surface area contributed by atoms with Crippen LogP contribution in [0.3, 0.4) is 0 Å². The van der Waals surface area contributed by atoms with Crippen LogP contribution in [-0.4, -0.2) is 18.5 Å². The van der Waals surface area contributed by atoms with Crippen LogP contribution in [0.25, 0.3) is 0 Å². The maximum atomic E-state index is 12.9. The van der Waals surface area contributed by atoms with E-state index in [1.807, 2.05) is 13.8 Å². The van der Waals surface area contributed by atoms with Gasteiger partial charge in [-0.15, -0.1) is 11.3 Å². The second-order valence-electron chi connectivity index (χ2n) is 5.61. The highest BCUT2D eigenvalue weighted by Crippen LogP contribution is 2.34. The highest BCUT2D eigenvalue weighted by Gasteiger charge is 2.33. The summed E-state index contributed by atoms with van der Waals surface area (Å²) in [5.41, 5.74) is -0.288. The summed E-state index contributed by atoms with van der Waals surface area (Å²) in [6.45, 7) is 3.26. The van der Waals surface area contributed by atoms with Crippen LogP contribution in [-0.2, 0) is 22.1 Å². The van der Waals surface area contributed by atoms with Gasteiger partial charge >= 0.3 is 12.1 Å². The lowest BCUT2D eigenvalue weighted by Crippen LogP contribution is -2.22. The van der Waals surface area contributed by atoms with Crippen LogP contribution in [0.15, 0.2) is 30.3 Å². The van der Waals surface area contributed by atoms with E-state index in [1.54, 1.807) is 6.07 Å². The Balaban J connectivity index is 1.97. The van der Waals surface area contributed by atoms with Crippen molar-refractivity contribution in [1.82, 2.24) is 0 Å². The number of esters is 1. The number of rotatable bonds is 6. The van der Waals surface area contributed by atoms with Crippen molar-refractivity contribution in [2.45, 2.75) is 32.9 Å². The Labute approximate surface area is 153 Å². The van der Waals surface area contributed by atoms with Crippen LogP contribution in [0.4, 0.5) is 18.9 Å².